The van der Waals surface area contributed by atoms with Crippen LogP contribution in [0.3, 0.4) is 0 Å². The number of hydrogen-bond donors (Lipinski definition) is 2. The fourth-order valence-corrected chi connectivity index (χ4v) is 2.96. The number of nitrogens with zero attached hydrogens (tertiary/aromatic N) is 3. The molecule has 0 aliphatic rings. The molecular formula is C18H27N5O4. The molecule has 2 heterocycles. The zero-order valence-corrected chi connectivity index (χ0v) is 16.3. The largest absolute Gasteiger partial charge is 0.383 e. The van der Waals surface area contributed by atoms with E-state index in [4.69, 9.17) is 10.3 Å². The number of anilines is 2. The van der Waals surface area contributed by atoms with E-state index in [1.807, 2.05) is 13.8 Å². The van der Waals surface area contributed by atoms with Crippen LogP contribution in [0.15, 0.2) is 14.1 Å². The molecule has 0 unspecified atom stereocenters. The third kappa shape index (κ3) is 4.29. The highest BCUT2D eigenvalue weighted by atomic mass is 16.5. The number of H-pyrrole nitrogens is 1. The number of carbonyl (C=O) groups excluding carboxylic acids is 1. The molecule has 27 heavy (non-hydrogen) atoms. The minimum atomic E-state index is -0.659. The van der Waals surface area contributed by atoms with Crippen LogP contribution in [0.4, 0.5) is 11.5 Å². The summed E-state index contributed by atoms with van der Waals surface area (Å²) in [6.45, 7) is 8.07. The van der Waals surface area contributed by atoms with Crippen molar-refractivity contribution < 1.29 is 9.32 Å². The number of unbranched alkanes of at least 4 members (excludes halogenated alkanes) is 1. The van der Waals surface area contributed by atoms with Crippen molar-refractivity contribution in [1.82, 2.24) is 14.7 Å². The van der Waals surface area contributed by atoms with Crippen LogP contribution >= 0.6 is 0 Å². The van der Waals surface area contributed by atoms with Gasteiger partial charge in [-0.15, -0.1) is 0 Å². The lowest BCUT2D eigenvalue weighted by molar-refractivity contribution is -0.118. The van der Waals surface area contributed by atoms with Crippen molar-refractivity contribution in [2.45, 2.75) is 59.9 Å². The third-order valence-electron chi connectivity index (χ3n) is 4.48. The fourth-order valence-electron chi connectivity index (χ4n) is 2.96. The molecule has 0 radical (unpaired) electrons. The Balaban J connectivity index is 2.50. The van der Waals surface area contributed by atoms with E-state index in [0.717, 1.165) is 6.42 Å². The number of aromatic nitrogens is 3. The quantitative estimate of drug-likeness (QED) is 0.718. The summed E-state index contributed by atoms with van der Waals surface area (Å²) in [5.41, 5.74) is 6.25. The average Bonchev–Trinajstić information content (AvgIpc) is 2.93. The van der Waals surface area contributed by atoms with Crippen LogP contribution in [0.5, 0.6) is 0 Å². The summed E-state index contributed by atoms with van der Waals surface area (Å²) in [4.78, 5) is 41.2. The molecule has 0 atom stereocenters. The molecule has 0 aromatic carbocycles. The van der Waals surface area contributed by atoms with Gasteiger partial charge in [-0.3, -0.25) is 19.1 Å². The van der Waals surface area contributed by atoms with Crippen LogP contribution in [-0.4, -0.2) is 27.2 Å². The SMILES string of the molecule is CCCCN(C(=O)Cc1c(C)noc1C)c1c(N)n(CCC)c(=O)[nH]c1=O. The highest BCUT2D eigenvalue weighted by Crippen LogP contribution is 2.21. The summed E-state index contributed by atoms with van der Waals surface area (Å²) >= 11 is 0. The predicted octanol–water partition coefficient (Wildman–Crippen LogP) is 1.51. The third-order valence-corrected chi connectivity index (χ3v) is 4.48. The van der Waals surface area contributed by atoms with E-state index in [9.17, 15) is 14.4 Å². The molecule has 0 saturated carbocycles. The van der Waals surface area contributed by atoms with Gasteiger partial charge in [0.2, 0.25) is 5.91 Å². The van der Waals surface area contributed by atoms with Crippen LogP contribution in [0, 0.1) is 13.8 Å². The van der Waals surface area contributed by atoms with Gasteiger partial charge in [0.05, 0.1) is 12.1 Å². The summed E-state index contributed by atoms with van der Waals surface area (Å²) in [7, 11) is 0. The first-order chi connectivity index (χ1) is 12.8. The molecule has 0 saturated heterocycles. The van der Waals surface area contributed by atoms with Gasteiger partial charge in [0.25, 0.3) is 5.56 Å². The van der Waals surface area contributed by atoms with Gasteiger partial charge in [0, 0.05) is 18.7 Å². The average molecular weight is 377 g/mol. The van der Waals surface area contributed by atoms with E-state index in [1.54, 1.807) is 13.8 Å². The molecule has 0 aliphatic carbocycles. The number of nitrogens with two attached hydrogens (primary N) is 1. The van der Waals surface area contributed by atoms with E-state index < -0.39 is 11.2 Å². The van der Waals surface area contributed by atoms with Gasteiger partial charge < -0.3 is 15.2 Å². The molecule has 2 aromatic rings. The number of aryl methyl sites for hydroxylation is 2. The van der Waals surface area contributed by atoms with Gasteiger partial charge in [-0.1, -0.05) is 25.4 Å². The summed E-state index contributed by atoms with van der Waals surface area (Å²) in [5.74, 6) is 0.277. The maximum absolute atomic E-state index is 13.0. The van der Waals surface area contributed by atoms with Gasteiger partial charge in [-0.2, -0.15) is 0 Å². The van der Waals surface area contributed by atoms with Gasteiger partial charge in [0.15, 0.2) is 5.69 Å². The number of aromatic amines is 1. The Morgan fingerprint density at radius 1 is 1.26 bits per heavy atom. The zero-order chi connectivity index (χ0) is 20.1. The van der Waals surface area contributed by atoms with E-state index in [0.29, 0.717) is 42.9 Å². The van der Waals surface area contributed by atoms with Gasteiger partial charge >= 0.3 is 5.69 Å². The molecule has 148 valence electrons. The Labute approximate surface area is 157 Å². The normalized spacial score (nSPS) is 11.0. The van der Waals surface area contributed by atoms with Crippen molar-refractivity contribution in [2.24, 2.45) is 0 Å². The molecule has 0 fully saturated rings. The minimum absolute atomic E-state index is 0.00816. The Bertz CT molecular complexity index is 905. The van der Waals surface area contributed by atoms with Crippen molar-refractivity contribution in [1.29, 1.82) is 0 Å². The Hall–Kier alpha value is -2.84. The Morgan fingerprint density at radius 3 is 2.52 bits per heavy atom. The molecule has 2 rings (SSSR count). The molecule has 3 N–H and O–H groups in total. The molecule has 1 amide bonds. The zero-order valence-electron chi connectivity index (χ0n) is 16.3. The molecule has 0 bridgehead atoms. The highest BCUT2D eigenvalue weighted by Gasteiger charge is 2.25. The first-order valence-electron chi connectivity index (χ1n) is 9.16. The van der Waals surface area contributed by atoms with Crippen molar-refractivity contribution in [3.63, 3.8) is 0 Å². The van der Waals surface area contributed by atoms with Crippen LogP contribution < -0.4 is 21.9 Å². The Kier molecular flexibility index (Phi) is 6.59. The maximum atomic E-state index is 13.0. The number of nitrogens with one attached hydrogen (secondary N) is 1. The topological polar surface area (TPSA) is 127 Å². The second kappa shape index (κ2) is 8.70. The second-order valence-electron chi connectivity index (χ2n) is 6.52. The summed E-state index contributed by atoms with van der Waals surface area (Å²) in [5, 5.41) is 3.86. The van der Waals surface area contributed by atoms with Gasteiger partial charge in [-0.05, 0) is 26.7 Å². The molecule has 0 aliphatic heterocycles. The lowest BCUT2D eigenvalue weighted by atomic mass is 10.1. The van der Waals surface area contributed by atoms with Crippen LogP contribution in [0.1, 0.15) is 50.1 Å². The number of carbonyl (C=O) groups is 1. The standard InChI is InChI=1S/C18H27N5O4/c1-5-7-9-22(14(24)10-13-11(3)21-27-12(13)4)15-16(19)23(8-6-2)18(26)20-17(15)25/h5-10,19H2,1-4H3,(H,20,25,26). The monoisotopic (exact) mass is 377 g/mol. The summed E-state index contributed by atoms with van der Waals surface area (Å²) < 4.78 is 6.41. The van der Waals surface area contributed by atoms with Crippen LogP contribution in [0.25, 0.3) is 0 Å². The fraction of sp³-hybridized carbons (Fsp3) is 0.556. The minimum Gasteiger partial charge on any atom is -0.383 e. The van der Waals surface area contributed by atoms with Gasteiger partial charge in [0.1, 0.15) is 11.6 Å². The maximum Gasteiger partial charge on any atom is 0.330 e. The van der Waals surface area contributed by atoms with Crippen LogP contribution in [0.2, 0.25) is 0 Å². The summed E-state index contributed by atoms with van der Waals surface area (Å²) in [6, 6.07) is 0. The lowest BCUT2D eigenvalue weighted by Gasteiger charge is -2.24. The highest BCUT2D eigenvalue weighted by molar-refractivity contribution is 5.97. The summed E-state index contributed by atoms with van der Waals surface area (Å²) in [6.07, 6.45) is 2.23. The smallest absolute Gasteiger partial charge is 0.330 e. The van der Waals surface area contributed by atoms with Crippen molar-refractivity contribution in [2.75, 3.05) is 17.2 Å². The van der Waals surface area contributed by atoms with E-state index in [-0.39, 0.29) is 23.8 Å². The molecular weight excluding hydrogens is 350 g/mol. The van der Waals surface area contributed by atoms with Crippen molar-refractivity contribution >= 4 is 17.4 Å². The van der Waals surface area contributed by atoms with Crippen molar-refractivity contribution in [3.8, 4) is 0 Å². The van der Waals surface area contributed by atoms with Crippen LogP contribution in [-0.2, 0) is 17.8 Å². The first-order valence-corrected chi connectivity index (χ1v) is 9.16. The number of amides is 1. The van der Waals surface area contributed by atoms with Gasteiger partial charge in [-0.25, -0.2) is 4.79 Å². The van der Waals surface area contributed by atoms with E-state index in [1.165, 1.54) is 9.47 Å². The molecule has 2 aromatic heterocycles. The Morgan fingerprint density at radius 2 is 1.96 bits per heavy atom. The molecule has 9 heteroatoms. The first kappa shape index (κ1) is 20.5. The molecule has 0 spiro atoms. The number of nitrogen functional groups attached to an aromatic ring is 1. The number of rotatable bonds is 8. The van der Waals surface area contributed by atoms with Crippen molar-refractivity contribution in [3.05, 3.63) is 37.9 Å². The second-order valence-corrected chi connectivity index (χ2v) is 6.52. The number of hydrogen-bond acceptors (Lipinski definition) is 6. The molecule has 9 nitrogen and oxygen atoms in total. The predicted molar refractivity (Wildman–Crippen MR) is 103 cm³/mol. The lowest BCUT2D eigenvalue weighted by Crippen LogP contribution is -2.42. The van der Waals surface area contributed by atoms with E-state index >= 15 is 0 Å². The van der Waals surface area contributed by atoms with E-state index in [2.05, 4.69) is 10.1 Å².